The fourth-order valence-electron chi connectivity index (χ4n) is 2.11. The summed E-state index contributed by atoms with van der Waals surface area (Å²) in [5.41, 5.74) is 1.02. The van der Waals surface area contributed by atoms with Gasteiger partial charge in [0.15, 0.2) is 0 Å². The Balaban J connectivity index is 1.75. The molecule has 1 aromatic rings. The van der Waals surface area contributed by atoms with E-state index in [0.29, 0.717) is 12.5 Å². The van der Waals surface area contributed by atoms with E-state index in [1.165, 1.54) is 0 Å². The maximum Gasteiger partial charge on any atom is 0.410 e. The van der Waals surface area contributed by atoms with Crippen LogP contribution in [0.2, 0.25) is 0 Å². The number of thiol groups is 1. The molecule has 3 nitrogen and oxygen atoms in total. The first-order valence-corrected chi connectivity index (χ1v) is 6.99. The fourth-order valence-corrected chi connectivity index (χ4v) is 2.47. The maximum absolute atomic E-state index is 11.9. The van der Waals surface area contributed by atoms with Crippen LogP contribution in [-0.2, 0) is 11.3 Å². The largest absolute Gasteiger partial charge is 0.445 e. The Morgan fingerprint density at radius 1 is 1.28 bits per heavy atom. The number of hydrogen-bond acceptors (Lipinski definition) is 3. The van der Waals surface area contributed by atoms with Crippen LogP contribution in [0.3, 0.4) is 0 Å². The minimum atomic E-state index is -0.198. The SMILES string of the molecule is O=C(OCc1ccccc1)N1CCC(CS)CC1. The van der Waals surface area contributed by atoms with Crippen molar-refractivity contribution in [2.24, 2.45) is 5.92 Å². The van der Waals surface area contributed by atoms with E-state index >= 15 is 0 Å². The number of carbonyl (C=O) groups is 1. The second-order valence-corrected chi connectivity index (χ2v) is 5.02. The quantitative estimate of drug-likeness (QED) is 0.851. The lowest BCUT2D eigenvalue weighted by Gasteiger charge is -2.30. The third-order valence-electron chi connectivity index (χ3n) is 3.34. The maximum atomic E-state index is 11.9. The first kappa shape index (κ1) is 13.3. The Bertz CT molecular complexity index is 375. The van der Waals surface area contributed by atoms with Gasteiger partial charge in [0.05, 0.1) is 0 Å². The highest BCUT2D eigenvalue weighted by Gasteiger charge is 2.22. The lowest BCUT2D eigenvalue weighted by atomic mass is 9.99. The zero-order valence-electron chi connectivity index (χ0n) is 10.4. The molecule has 2 rings (SSSR count). The van der Waals surface area contributed by atoms with Crippen LogP contribution in [0, 0.1) is 5.92 Å². The average Bonchev–Trinajstić information content (AvgIpc) is 2.46. The van der Waals surface area contributed by atoms with E-state index in [0.717, 1.165) is 37.2 Å². The van der Waals surface area contributed by atoms with Crippen molar-refractivity contribution in [3.05, 3.63) is 35.9 Å². The van der Waals surface area contributed by atoms with Gasteiger partial charge < -0.3 is 9.64 Å². The van der Waals surface area contributed by atoms with Crippen molar-refractivity contribution in [3.63, 3.8) is 0 Å². The third kappa shape index (κ3) is 3.67. The van der Waals surface area contributed by atoms with Crippen LogP contribution in [0.4, 0.5) is 4.79 Å². The fraction of sp³-hybridized carbons (Fsp3) is 0.500. The standard InChI is InChI=1S/C14H19NO2S/c16-14(15-8-6-13(11-18)7-9-15)17-10-12-4-2-1-3-5-12/h1-5,13,18H,6-11H2. The number of nitrogens with zero attached hydrogens (tertiary/aromatic N) is 1. The zero-order chi connectivity index (χ0) is 12.8. The summed E-state index contributed by atoms with van der Waals surface area (Å²) in [7, 11) is 0. The lowest BCUT2D eigenvalue weighted by Crippen LogP contribution is -2.39. The number of rotatable bonds is 3. The van der Waals surface area contributed by atoms with Crippen LogP contribution in [0.5, 0.6) is 0 Å². The van der Waals surface area contributed by atoms with Gasteiger partial charge in [-0.3, -0.25) is 0 Å². The van der Waals surface area contributed by atoms with Crippen LogP contribution in [0.15, 0.2) is 30.3 Å². The number of piperidine rings is 1. The summed E-state index contributed by atoms with van der Waals surface area (Å²) in [5, 5.41) is 0. The third-order valence-corrected chi connectivity index (χ3v) is 3.85. The smallest absolute Gasteiger partial charge is 0.410 e. The number of ether oxygens (including phenoxy) is 1. The number of benzene rings is 1. The van der Waals surface area contributed by atoms with E-state index in [4.69, 9.17) is 4.74 Å². The summed E-state index contributed by atoms with van der Waals surface area (Å²) in [6.45, 7) is 1.93. The number of likely N-dealkylation sites (tertiary alicyclic amines) is 1. The first-order chi connectivity index (χ1) is 8.79. The van der Waals surface area contributed by atoms with Crippen LogP contribution in [0.1, 0.15) is 18.4 Å². The molecule has 1 amide bonds. The topological polar surface area (TPSA) is 29.5 Å². The van der Waals surface area contributed by atoms with Crippen molar-refractivity contribution in [3.8, 4) is 0 Å². The molecule has 0 N–H and O–H groups in total. The van der Waals surface area contributed by atoms with Gasteiger partial charge in [-0.2, -0.15) is 12.6 Å². The molecule has 1 saturated heterocycles. The number of amides is 1. The van der Waals surface area contributed by atoms with Crippen LogP contribution in [0.25, 0.3) is 0 Å². The van der Waals surface area contributed by atoms with E-state index < -0.39 is 0 Å². The van der Waals surface area contributed by atoms with Crippen molar-refractivity contribution >= 4 is 18.7 Å². The van der Waals surface area contributed by atoms with Gasteiger partial charge >= 0.3 is 6.09 Å². The van der Waals surface area contributed by atoms with Gasteiger partial charge in [0, 0.05) is 13.1 Å². The molecule has 0 saturated carbocycles. The monoisotopic (exact) mass is 265 g/mol. The molecule has 0 radical (unpaired) electrons. The van der Waals surface area contributed by atoms with Gasteiger partial charge in [0.2, 0.25) is 0 Å². The average molecular weight is 265 g/mol. The molecule has 1 aliphatic rings. The lowest BCUT2D eigenvalue weighted by molar-refractivity contribution is 0.0840. The van der Waals surface area contributed by atoms with Gasteiger partial charge in [0.1, 0.15) is 6.61 Å². The van der Waals surface area contributed by atoms with Gasteiger partial charge in [-0.1, -0.05) is 30.3 Å². The predicted molar refractivity (Wildman–Crippen MR) is 74.8 cm³/mol. The van der Waals surface area contributed by atoms with Crippen molar-refractivity contribution in [1.82, 2.24) is 4.90 Å². The molecule has 0 atom stereocenters. The molecule has 18 heavy (non-hydrogen) atoms. The van der Waals surface area contributed by atoms with E-state index in [-0.39, 0.29) is 6.09 Å². The Labute approximate surface area is 114 Å². The molecular formula is C14H19NO2S. The van der Waals surface area contributed by atoms with Crippen molar-refractivity contribution < 1.29 is 9.53 Å². The van der Waals surface area contributed by atoms with Gasteiger partial charge in [-0.25, -0.2) is 4.79 Å². The normalized spacial score (nSPS) is 16.6. The predicted octanol–water partition coefficient (Wildman–Crippen LogP) is 2.97. The van der Waals surface area contributed by atoms with Gasteiger partial charge in [0.25, 0.3) is 0 Å². The molecule has 1 aromatic carbocycles. The highest BCUT2D eigenvalue weighted by Crippen LogP contribution is 2.18. The number of carbonyl (C=O) groups excluding carboxylic acids is 1. The Morgan fingerprint density at radius 2 is 1.94 bits per heavy atom. The second kappa shape index (κ2) is 6.69. The molecule has 98 valence electrons. The van der Waals surface area contributed by atoms with Gasteiger partial charge in [-0.05, 0) is 30.1 Å². The summed E-state index contributed by atoms with van der Waals surface area (Å²) in [4.78, 5) is 13.6. The van der Waals surface area contributed by atoms with Crippen molar-refractivity contribution in [2.75, 3.05) is 18.8 Å². The summed E-state index contributed by atoms with van der Waals surface area (Å²) in [5.74, 6) is 1.55. The minimum absolute atomic E-state index is 0.198. The Kier molecular flexibility index (Phi) is 4.93. The van der Waals surface area contributed by atoms with Crippen LogP contribution < -0.4 is 0 Å². The summed E-state index contributed by atoms with van der Waals surface area (Å²) < 4.78 is 5.30. The number of hydrogen-bond donors (Lipinski definition) is 1. The summed E-state index contributed by atoms with van der Waals surface area (Å²) >= 11 is 4.30. The minimum Gasteiger partial charge on any atom is -0.445 e. The van der Waals surface area contributed by atoms with E-state index in [2.05, 4.69) is 12.6 Å². The second-order valence-electron chi connectivity index (χ2n) is 4.65. The molecule has 4 heteroatoms. The Hall–Kier alpha value is -1.16. The molecule has 1 aliphatic heterocycles. The highest BCUT2D eigenvalue weighted by molar-refractivity contribution is 7.80. The van der Waals surface area contributed by atoms with Crippen LogP contribution in [-0.4, -0.2) is 29.8 Å². The highest BCUT2D eigenvalue weighted by atomic mass is 32.1. The molecule has 0 bridgehead atoms. The van der Waals surface area contributed by atoms with Gasteiger partial charge in [-0.15, -0.1) is 0 Å². The summed E-state index contributed by atoms with van der Waals surface area (Å²) in [6, 6.07) is 9.76. The van der Waals surface area contributed by atoms with E-state index in [1.54, 1.807) is 4.90 Å². The molecule has 1 heterocycles. The first-order valence-electron chi connectivity index (χ1n) is 6.36. The van der Waals surface area contributed by atoms with Crippen molar-refractivity contribution in [2.45, 2.75) is 19.4 Å². The molecule has 0 unspecified atom stereocenters. The zero-order valence-corrected chi connectivity index (χ0v) is 11.3. The van der Waals surface area contributed by atoms with E-state index in [9.17, 15) is 4.79 Å². The molecule has 0 aromatic heterocycles. The van der Waals surface area contributed by atoms with Crippen molar-refractivity contribution in [1.29, 1.82) is 0 Å². The van der Waals surface area contributed by atoms with E-state index in [1.807, 2.05) is 30.3 Å². The molecule has 1 fully saturated rings. The van der Waals surface area contributed by atoms with Crippen LogP contribution >= 0.6 is 12.6 Å². The Morgan fingerprint density at radius 3 is 2.56 bits per heavy atom. The molecule has 0 spiro atoms. The molecular weight excluding hydrogens is 246 g/mol. The summed E-state index contributed by atoms with van der Waals surface area (Å²) in [6.07, 6.45) is 1.87. The molecule has 0 aliphatic carbocycles.